The van der Waals surface area contributed by atoms with E-state index >= 15 is 0 Å². The normalized spacial score (nSPS) is 19.9. The van der Waals surface area contributed by atoms with E-state index in [1.807, 2.05) is 13.0 Å². The van der Waals surface area contributed by atoms with Gasteiger partial charge in [0.1, 0.15) is 0 Å². The molecule has 0 bridgehead atoms. The number of aryl methyl sites for hydroxylation is 1. The van der Waals surface area contributed by atoms with Gasteiger partial charge in [-0.05, 0) is 37.5 Å². The third kappa shape index (κ3) is 2.97. The molecular formula is C13H17NO3. The number of carbonyl (C=O) groups is 1. The van der Waals surface area contributed by atoms with Gasteiger partial charge >= 0.3 is 5.97 Å². The van der Waals surface area contributed by atoms with Crippen molar-refractivity contribution in [2.45, 2.75) is 25.8 Å². The second-order valence-corrected chi connectivity index (χ2v) is 4.39. The molecule has 0 aromatic heterocycles. The van der Waals surface area contributed by atoms with Gasteiger partial charge in [-0.2, -0.15) is 0 Å². The highest BCUT2D eigenvalue weighted by Gasteiger charge is 2.15. The van der Waals surface area contributed by atoms with Crippen LogP contribution < -0.4 is 5.32 Å². The first kappa shape index (κ1) is 11.9. The molecule has 1 heterocycles. The maximum absolute atomic E-state index is 10.9. The van der Waals surface area contributed by atoms with E-state index in [1.54, 1.807) is 12.1 Å². The Kier molecular flexibility index (Phi) is 3.64. The zero-order chi connectivity index (χ0) is 12.3. The Bertz CT molecular complexity index is 411. The summed E-state index contributed by atoms with van der Waals surface area (Å²) in [6, 6.07) is 5.42. The quantitative estimate of drug-likeness (QED) is 0.843. The lowest BCUT2D eigenvalue weighted by Crippen LogP contribution is -2.30. The second-order valence-electron chi connectivity index (χ2n) is 4.39. The lowest BCUT2D eigenvalue weighted by Gasteiger charge is -2.25. The molecule has 1 saturated heterocycles. The van der Waals surface area contributed by atoms with Crippen LogP contribution in [0.15, 0.2) is 18.2 Å². The van der Waals surface area contributed by atoms with E-state index in [2.05, 4.69) is 5.32 Å². The van der Waals surface area contributed by atoms with Gasteiger partial charge in [-0.15, -0.1) is 0 Å². The fourth-order valence-corrected chi connectivity index (χ4v) is 1.99. The summed E-state index contributed by atoms with van der Waals surface area (Å²) >= 11 is 0. The maximum atomic E-state index is 10.9. The first-order valence-corrected chi connectivity index (χ1v) is 5.85. The van der Waals surface area contributed by atoms with Crippen molar-refractivity contribution in [1.29, 1.82) is 0 Å². The van der Waals surface area contributed by atoms with Crippen LogP contribution in [0.2, 0.25) is 0 Å². The fourth-order valence-electron chi connectivity index (χ4n) is 1.99. The predicted octanol–water partition coefficient (Wildman–Crippen LogP) is 2.28. The molecule has 92 valence electrons. The van der Waals surface area contributed by atoms with Crippen molar-refractivity contribution >= 4 is 11.7 Å². The number of nitrogens with one attached hydrogen (secondary N) is 1. The lowest BCUT2D eigenvalue weighted by molar-refractivity contribution is 0.0697. The average molecular weight is 235 g/mol. The van der Waals surface area contributed by atoms with Crippen LogP contribution in [0.5, 0.6) is 0 Å². The average Bonchev–Trinajstić information content (AvgIpc) is 2.33. The van der Waals surface area contributed by atoms with Crippen LogP contribution in [0.1, 0.15) is 28.8 Å². The minimum absolute atomic E-state index is 0.284. The van der Waals surface area contributed by atoms with Gasteiger partial charge in [-0.25, -0.2) is 4.79 Å². The molecule has 0 aliphatic carbocycles. The molecule has 4 heteroatoms. The van der Waals surface area contributed by atoms with Gasteiger partial charge in [0.2, 0.25) is 0 Å². The van der Waals surface area contributed by atoms with Gasteiger partial charge in [-0.1, -0.05) is 6.07 Å². The van der Waals surface area contributed by atoms with Crippen molar-refractivity contribution in [3.8, 4) is 0 Å². The molecule has 1 aliphatic heterocycles. The molecule has 4 nitrogen and oxygen atoms in total. The highest BCUT2D eigenvalue weighted by Crippen LogP contribution is 2.20. The SMILES string of the molecule is Cc1ccc(C(=O)O)cc1NC1CCCOC1. The zero-order valence-corrected chi connectivity index (χ0v) is 9.90. The molecule has 1 aromatic rings. The maximum Gasteiger partial charge on any atom is 0.335 e. The van der Waals surface area contributed by atoms with Crippen LogP contribution >= 0.6 is 0 Å². The van der Waals surface area contributed by atoms with Crippen LogP contribution in [0.25, 0.3) is 0 Å². The van der Waals surface area contributed by atoms with Gasteiger partial charge in [0.15, 0.2) is 0 Å². The number of hydrogen-bond acceptors (Lipinski definition) is 3. The Labute approximate surface area is 101 Å². The number of benzene rings is 1. The summed E-state index contributed by atoms with van der Waals surface area (Å²) in [6.45, 7) is 3.49. The van der Waals surface area contributed by atoms with Crippen molar-refractivity contribution < 1.29 is 14.6 Å². The van der Waals surface area contributed by atoms with Crippen molar-refractivity contribution in [2.24, 2.45) is 0 Å². The summed E-state index contributed by atoms with van der Waals surface area (Å²) in [6.07, 6.45) is 2.12. The van der Waals surface area contributed by atoms with E-state index in [9.17, 15) is 4.79 Å². The molecule has 17 heavy (non-hydrogen) atoms. The second kappa shape index (κ2) is 5.19. The van der Waals surface area contributed by atoms with Crippen LogP contribution in [0, 0.1) is 6.92 Å². The molecule has 0 saturated carbocycles. The molecule has 0 amide bonds. The molecule has 1 aliphatic rings. The van der Waals surface area contributed by atoms with Crippen molar-refractivity contribution in [1.82, 2.24) is 0 Å². The Balaban J connectivity index is 2.13. The van der Waals surface area contributed by atoms with Gasteiger partial charge < -0.3 is 15.2 Å². The molecule has 1 fully saturated rings. The summed E-state index contributed by atoms with van der Waals surface area (Å²) in [4.78, 5) is 10.9. The van der Waals surface area contributed by atoms with E-state index in [0.717, 1.165) is 30.7 Å². The zero-order valence-electron chi connectivity index (χ0n) is 9.90. The summed E-state index contributed by atoms with van der Waals surface area (Å²) in [5, 5.41) is 12.3. The van der Waals surface area contributed by atoms with Crippen LogP contribution in [0.4, 0.5) is 5.69 Å². The molecule has 1 unspecified atom stereocenters. The Morgan fingerprint density at radius 3 is 3.00 bits per heavy atom. The topological polar surface area (TPSA) is 58.6 Å². The van der Waals surface area contributed by atoms with Crippen LogP contribution in [-0.2, 0) is 4.74 Å². The number of carboxylic acids is 1. The third-order valence-corrected chi connectivity index (χ3v) is 3.00. The van der Waals surface area contributed by atoms with Gasteiger partial charge in [0, 0.05) is 18.3 Å². The largest absolute Gasteiger partial charge is 0.478 e. The molecular weight excluding hydrogens is 218 g/mol. The van der Waals surface area contributed by atoms with E-state index < -0.39 is 5.97 Å². The van der Waals surface area contributed by atoms with E-state index in [4.69, 9.17) is 9.84 Å². The number of ether oxygens (including phenoxy) is 1. The summed E-state index contributed by atoms with van der Waals surface area (Å²) in [7, 11) is 0. The van der Waals surface area contributed by atoms with Gasteiger partial charge in [0.25, 0.3) is 0 Å². The summed E-state index contributed by atoms with van der Waals surface area (Å²) in [5.41, 5.74) is 2.26. The van der Waals surface area contributed by atoms with Gasteiger partial charge in [0.05, 0.1) is 12.2 Å². The number of anilines is 1. The van der Waals surface area contributed by atoms with E-state index in [-0.39, 0.29) is 6.04 Å². The van der Waals surface area contributed by atoms with Gasteiger partial charge in [-0.3, -0.25) is 0 Å². The minimum Gasteiger partial charge on any atom is -0.478 e. The Hall–Kier alpha value is -1.55. The smallest absolute Gasteiger partial charge is 0.335 e. The fraction of sp³-hybridized carbons (Fsp3) is 0.462. The predicted molar refractivity (Wildman–Crippen MR) is 65.6 cm³/mol. The third-order valence-electron chi connectivity index (χ3n) is 3.00. The highest BCUT2D eigenvalue weighted by molar-refractivity contribution is 5.89. The first-order chi connectivity index (χ1) is 8.16. The number of rotatable bonds is 3. The standard InChI is InChI=1S/C13H17NO3/c1-9-4-5-10(13(15)16)7-12(9)14-11-3-2-6-17-8-11/h4-5,7,11,14H,2-3,6,8H2,1H3,(H,15,16). The number of carboxylic acid groups (broad SMARTS) is 1. The molecule has 0 spiro atoms. The monoisotopic (exact) mass is 235 g/mol. The Morgan fingerprint density at radius 1 is 1.53 bits per heavy atom. The number of hydrogen-bond donors (Lipinski definition) is 2. The molecule has 0 radical (unpaired) electrons. The molecule has 1 aromatic carbocycles. The number of aromatic carboxylic acids is 1. The molecule has 1 atom stereocenters. The van der Waals surface area contributed by atoms with Crippen molar-refractivity contribution in [2.75, 3.05) is 18.5 Å². The first-order valence-electron chi connectivity index (χ1n) is 5.85. The van der Waals surface area contributed by atoms with E-state index in [1.165, 1.54) is 0 Å². The van der Waals surface area contributed by atoms with E-state index in [0.29, 0.717) is 12.2 Å². The summed E-state index contributed by atoms with van der Waals surface area (Å²) in [5.74, 6) is -0.895. The highest BCUT2D eigenvalue weighted by atomic mass is 16.5. The van der Waals surface area contributed by atoms with Crippen molar-refractivity contribution in [3.05, 3.63) is 29.3 Å². The van der Waals surface area contributed by atoms with Crippen molar-refractivity contribution in [3.63, 3.8) is 0 Å². The summed E-state index contributed by atoms with van der Waals surface area (Å²) < 4.78 is 5.39. The van der Waals surface area contributed by atoms with Crippen LogP contribution in [-0.4, -0.2) is 30.3 Å². The Morgan fingerprint density at radius 2 is 2.35 bits per heavy atom. The molecule has 2 rings (SSSR count). The molecule has 2 N–H and O–H groups in total. The van der Waals surface area contributed by atoms with Crippen LogP contribution in [0.3, 0.4) is 0 Å². The lowest BCUT2D eigenvalue weighted by atomic mass is 10.1. The minimum atomic E-state index is -0.895.